The fraction of sp³-hybridized carbons (Fsp3) is 1.00. The van der Waals surface area contributed by atoms with E-state index in [1.54, 1.807) is 57.8 Å². The minimum Gasteiger partial charge on any atom is -0.0654 e. The van der Waals surface area contributed by atoms with Crippen LogP contribution in [0, 0.1) is 35.5 Å². The van der Waals surface area contributed by atoms with Gasteiger partial charge in [-0.3, -0.25) is 0 Å². The lowest BCUT2D eigenvalue weighted by molar-refractivity contribution is 0.138. The van der Waals surface area contributed by atoms with E-state index in [4.69, 9.17) is 0 Å². The van der Waals surface area contributed by atoms with Gasteiger partial charge in [0.1, 0.15) is 0 Å². The van der Waals surface area contributed by atoms with E-state index < -0.39 is 0 Å². The molecule has 0 heteroatoms. The van der Waals surface area contributed by atoms with Crippen LogP contribution in [0.1, 0.15) is 150 Å². The number of hydrogen-bond acceptors (Lipinski definition) is 0. The van der Waals surface area contributed by atoms with Crippen molar-refractivity contribution in [2.45, 2.75) is 150 Å². The summed E-state index contributed by atoms with van der Waals surface area (Å²) in [7, 11) is 0. The normalized spacial score (nSPS) is 29.3. The molecular formula is C29H56. The van der Waals surface area contributed by atoms with E-state index in [-0.39, 0.29) is 0 Å². The lowest BCUT2D eigenvalue weighted by Gasteiger charge is -2.38. The Morgan fingerprint density at radius 2 is 1.10 bits per heavy atom. The van der Waals surface area contributed by atoms with Gasteiger partial charge in [-0.2, -0.15) is 0 Å². The monoisotopic (exact) mass is 404 g/mol. The molecule has 0 bridgehead atoms. The Morgan fingerprint density at radius 1 is 0.552 bits per heavy atom. The molecule has 0 radical (unpaired) electrons. The molecule has 1 unspecified atom stereocenters. The standard InChI is InChI=1S/C29H56/c1-5-6-7-8-9-13-26-16-20-28(21-17-26)29-22-18-27(19-23-29)15-14-25(4)12-10-11-24(2)3/h24-29H,5-23H2,1-4H3/t25?,26-,27-,28-,29+. The van der Waals surface area contributed by atoms with E-state index in [2.05, 4.69) is 27.7 Å². The molecule has 0 aromatic rings. The third-order valence-electron chi connectivity index (χ3n) is 8.71. The molecule has 2 aliphatic rings. The van der Waals surface area contributed by atoms with Crippen molar-refractivity contribution in [2.24, 2.45) is 35.5 Å². The number of hydrogen-bond donors (Lipinski definition) is 0. The van der Waals surface area contributed by atoms with E-state index in [1.165, 1.54) is 64.2 Å². The van der Waals surface area contributed by atoms with Crippen LogP contribution < -0.4 is 0 Å². The summed E-state index contributed by atoms with van der Waals surface area (Å²) in [4.78, 5) is 0. The van der Waals surface area contributed by atoms with Crippen molar-refractivity contribution >= 4 is 0 Å². The molecule has 0 amide bonds. The first-order valence-corrected chi connectivity index (χ1v) is 14.1. The molecule has 29 heavy (non-hydrogen) atoms. The Kier molecular flexibility index (Phi) is 13.0. The number of rotatable bonds is 14. The van der Waals surface area contributed by atoms with Crippen molar-refractivity contribution in [1.82, 2.24) is 0 Å². The fourth-order valence-corrected chi connectivity index (χ4v) is 6.47. The zero-order valence-corrected chi connectivity index (χ0v) is 20.9. The third-order valence-corrected chi connectivity index (χ3v) is 8.71. The van der Waals surface area contributed by atoms with Crippen molar-refractivity contribution in [1.29, 1.82) is 0 Å². The average molecular weight is 405 g/mol. The maximum Gasteiger partial charge on any atom is -0.0386 e. The molecule has 2 aliphatic carbocycles. The second kappa shape index (κ2) is 14.9. The summed E-state index contributed by atoms with van der Waals surface area (Å²) in [6.07, 6.45) is 28.7. The molecule has 2 saturated carbocycles. The van der Waals surface area contributed by atoms with Gasteiger partial charge in [-0.25, -0.2) is 0 Å². The Balaban J connectivity index is 1.51. The van der Waals surface area contributed by atoms with Crippen molar-refractivity contribution in [2.75, 3.05) is 0 Å². The van der Waals surface area contributed by atoms with Crippen LogP contribution in [0.3, 0.4) is 0 Å². The maximum atomic E-state index is 2.51. The van der Waals surface area contributed by atoms with Crippen LogP contribution in [0.15, 0.2) is 0 Å². The average Bonchev–Trinajstić information content (AvgIpc) is 2.73. The van der Waals surface area contributed by atoms with Crippen LogP contribution in [0.25, 0.3) is 0 Å². The van der Waals surface area contributed by atoms with Crippen LogP contribution >= 0.6 is 0 Å². The van der Waals surface area contributed by atoms with E-state index in [9.17, 15) is 0 Å². The first kappa shape index (κ1) is 25.3. The zero-order valence-electron chi connectivity index (χ0n) is 20.9. The smallest absolute Gasteiger partial charge is 0.0386 e. The summed E-state index contributed by atoms with van der Waals surface area (Å²) in [6.45, 7) is 9.56. The Labute approximate surface area is 185 Å². The highest BCUT2D eigenvalue weighted by molar-refractivity contribution is 4.82. The molecule has 1 atom stereocenters. The van der Waals surface area contributed by atoms with Gasteiger partial charge in [-0.1, -0.05) is 124 Å². The van der Waals surface area contributed by atoms with E-state index in [0.29, 0.717) is 0 Å². The van der Waals surface area contributed by atoms with Gasteiger partial charge in [0, 0.05) is 0 Å². The van der Waals surface area contributed by atoms with Crippen LogP contribution in [-0.2, 0) is 0 Å². The highest BCUT2D eigenvalue weighted by atomic mass is 14.4. The lowest BCUT2D eigenvalue weighted by atomic mass is 9.68. The molecule has 0 N–H and O–H groups in total. The molecule has 172 valence electrons. The quantitative estimate of drug-likeness (QED) is 0.252. The van der Waals surface area contributed by atoms with Gasteiger partial charge < -0.3 is 0 Å². The van der Waals surface area contributed by atoms with Gasteiger partial charge in [-0.15, -0.1) is 0 Å². The summed E-state index contributed by atoms with van der Waals surface area (Å²) >= 11 is 0. The first-order chi connectivity index (χ1) is 14.1. The Morgan fingerprint density at radius 3 is 1.66 bits per heavy atom. The van der Waals surface area contributed by atoms with Gasteiger partial charge in [-0.05, 0) is 61.2 Å². The van der Waals surface area contributed by atoms with Crippen LogP contribution in [-0.4, -0.2) is 0 Å². The molecule has 0 saturated heterocycles. The van der Waals surface area contributed by atoms with Crippen molar-refractivity contribution in [3.8, 4) is 0 Å². The first-order valence-electron chi connectivity index (χ1n) is 14.1. The second-order valence-corrected chi connectivity index (χ2v) is 11.8. The highest BCUT2D eigenvalue weighted by Gasteiger charge is 2.30. The molecular weight excluding hydrogens is 348 g/mol. The van der Waals surface area contributed by atoms with Gasteiger partial charge in [0.15, 0.2) is 0 Å². The van der Waals surface area contributed by atoms with Gasteiger partial charge in [0.25, 0.3) is 0 Å². The molecule has 0 heterocycles. The van der Waals surface area contributed by atoms with Crippen LogP contribution in [0.2, 0.25) is 0 Å². The maximum absolute atomic E-state index is 2.51. The van der Waals surface area contributed by atoms with E-state index >= 15 is 0 Å². The second-order valence-electron chi connectivity index (χ2n) is 11.8. The van der Waals surface area contributed by atoms with Gasteiger partial charge >= 0.3 is 0 Å². The largest absolute Gasteiger partial charge is 0.0654 e. The molecule has 2 fully saturated rings. The van der Waals surface area contributed by atoms with Crippen molar-refractivity contribution in [3.05, 3.63) is 0 Å². The minimum atomic E-state index is 0.887. The predicted octanol–water partition coefficient (Wildman–Crippen LogP) is 10.2. The summed E-state index contributed by atoms with van der Waals surface area (Å²) in [5.41, 5.74) is 0. The minimum absolute atomic E-state index is 0.887. The highest BCUT2D eigenvalue weighted by Crippen LogP contribution is 2.43. The molecule has 0 nitrogen and oxygen atoms in total. The van der Waals surface area contributed by atoms with Crippen molar-refractivity contribution in [3.63, 3.8) is 0 Å². The summed E-state index contributed by atoms with van der Waals surface area (Å²) in [5, 5.41) is 0. The predicted molar refractivity (Wildman–Crippen MR) is 131 cm³/mol. The number of unbranched alkanes of at least 4 members (excludes halogenated alkanes) is 4. The Bertz CT molecular complexity index is 367. The van der Waals surface area contributed by atoms with E-state index in [1.807, 2.05) is 0 Å². The molecule has 0 aromatic heterocycles. The molecule has 0 aromatic carbocycles. The summed E-state index contributed by atoms with van der Waals surface area (Å²) < 4.78 is 0. The topological polar surface area (TPSA) is 0 Å². The summed E-state index contributed by atoms with van der Waals surface area (Å²) in [5.74, 6) is 6.20. The van der Waals surface area contributed by atoms with Crippen LogP contribution in [0.5, 0.6) is 0 Å². The summed E-state index contributed by atoms with van der Waals surface area (Å²) in [6, 6.07) is 0. The third kappa shape index (κ3) is 10.7. The SMILES string of the molecule is CCCCCCC[C@H]1CC[C@H]([C@H]2CC[C@@H](CCC(C)CCCC(C)C)CC2)CC1. The van der Waals surface area contributed by atoms with Crippen molar-refractivity contribution < 1.29 is 0 Å². The van der Waals surface area contributed by atoms with Gasteiger partial charge in [0.05, 0.1) is 0 Å². The molecule has 0 aliphatic heterocycles. The van der Waals surface area contributed by atoms with Crippen LogP contribution in [0.4, 0.5) is 0 Å². The molecule has 2 rings (SSSR count). The molecule has 0 spiro atoms. The lowest BCUT2D eigenvalue weighted by Crippen LogP contribution is -2.26. The Hall–Kier alpha value is 0. The fourth-order valence-electron chi connectivity index (χ4n) is 6.47. The van der Waals surface area contributed by atoms with Gasteiger partial charge in [0.2, 0.25) is 0 Å². The van der Waals surface area contributed by atoms with E-state index in [0.717, 1.165) is 35.5 Å². The zero-order chi connectivity index (χ0) is 20.9.